The van der Waals surface area contributed by atoms with E-state index in [1.54, 1.807) is 12.1 Å². The van der Waals surface area contributed by atoms with Crippen molar-refractivity contribution in [3.8, 4) is 0 Å². The maximum absolute atomic E-state index is 10.9. The Bertz CT molecular complexity index is 471. The van der Waals surface area contributed by atoms with Gasteiger partial charge in [-0.15, -0.1) is 0 Å². The molecule has 0 heterocycles. The molecule has 0 aliphatic heterocycles. The van der Waals surface area contributed by atoms with E-state index in [2.05, 4.69) is 0 Å². The predicted octanol–water partition coefficient (Wildman–Crippen LogP) is 2.70. The van der Waals surface area contributed by atoms with Crippen LogP contribution in [-0.4, -0.2) is 34.0 Å². The summed E-state index contributed by atoms with van der Waals surface area (Å²) in [5, 5.41) is 19.6. The highest BCUT2D eigenvalue weighted by Crippen LogP contribution is 2.23. The first-order valence-electron chi connectivity index (χ1n) is 6.51. The molecule has 0 saturated heterocycles. The molecule has 1 rings (SSSR count). The molecule has 6 nitrogen and oxygen atoms in total. The fraction of sp³-hybridized carbons (Fsp3) is 0.500. The van der Waals surface area contributed by atoms with E-state index < -0.39 is 10.9 Å². The first kappa shape index (κ1) is 16.1. The van der Waals surface area contributed by atoms with Gasteiger partial charge in [0.2, 0.25) is 0 Å². The standard InChI is InChI=1S/C14H20N2O4/c1-10(2)8-15(9-14(17)18)11(3)12-4-6-13(7-5-12)16(19)20/h4-7,10-11H,8-9H2,1-3H3,(H,17,18). The number of carbonyl (C=O) groups is 1. The zero-order valence-electron chi connectivity index (χ0n) is 11.9. The van der Waals surface area contributed by atoms with E-state index in [1.165, 1.54) is 12.1 Å². The Kier molecular flexibility index (Phi) is 5.64. The molecule has 0 saturated carbocycles. The van der Waals surface area contributed by atoms with Crippen molar-refractivity contribution in [3.63, 3.8) is 0 Å². The number of rotatable bonds is 7. The van der Waals surface area contributed by atoms with Gasteiger partial charge in [-0.05, 0) is 18.4 Å². The van der Waals surface area contributed by atoms with E-state index in [1.807, 2.05) is 25.7 Å². The van der Waals surface area contributed by atoms with Crippen LogP contribution in [0.15, 0.2) is 24.3 Å². The van der Waals surface area contributed by atoms with Crippen molar-refractivity contribution in [2.24, 2.45) is 5.92 Å². The van der Waals surface area contributed by atoms with E-state index in [-0.39, 0.29) is 18.3 Å². The van der Waals surface area contributed by atoms with Crippen molar-refractivity contribution >= 4 is 11.7 Å². The van der Waals surface area contributed by atoms with Crippen LogP contribution in [0.2, 0.25) is 0 Å². The summed E-state index contributed by atoms with van der Waals surface area (Å²) in [6, 6.07) is 6.14. The third kappa shape index (κ3) is 4.62. The number of hydrogen-bond acceptors (Lipinski definition) is 4. The van der Waals surface area contributed by atoms with Crippen LogP contribution in [0.3, 0.4) is 0 Å². The predicted molar refractivity (Wildman–Crippen MR) is 75.6 cm³/mol. The molecular weight excluding hydrogens is 260 g/mol. The quantitative estimate of drug-likeness (QED) is 0.613. The monoisotopic (exact) mass is 280 g/mol. The van der Waals surface area contributed by atoms with Crippen LogP contribution in [0.1, 0.15) is 32.4 Å². The van der Waals surface area contributed by atoms with E-state index in [9.17, 15) is 14.9 Å². The lowest BCUT2D eigenvalue weighted by molar-refractivity contribution is -0.384. The zero-order chi connectivity index (χ0) is 15.3. The van der Waals surface area contributed by atoms with Crippen LogP contribution in [0.4, 0.5) is 5.69 Å². The maximum atomic E-state index is 10.9. The molecule has 20 heavy (non-hydrogen) atoms. The van der Waals surface area contributed by atoms with Crippen molar-refractivity contribution in [2.75, 3.05) is 13.1 Å². The van der Waals surface area contributed by atoms with Gasteiger partial charge in [0.1, 0.15) is 0 Å². The molecule has 0 aliphatic carbocycles. The summed E-state index contributed by atoms with van der Waals surface area (Å²) >= 11 is 0. The Labute approximate surface area is 118 Å². The molecule has 110 valence electrons. The number of carboxylic acid groups (broad SMARTS) is 1. The van der Waals surface area contributed by atoms with Gasteiger partial charge in [-0.3, -0.25) is 19.8 Å². The molecule has 0 spiro atoms. The molecule has 0 radical (unpaired) electrons. The molecule has 1 atom stereocenters. The Hall–Kier alpha value is -1.95. The van der Waals surface area contributed by atoms with Crippen molar-refractivity contribution in [3.05, 3.63) is 39.9 Å². The molecule has 0 aromatic heterocycles. The molecule has 0 amide bonds. The van der Waals surface area contributed by atoms with Gasteiger partial charge in [0.05, 0.1) is 11.5 Å². The van der Waals surface area contributed by atoms with Gasteiger partial charge < -0.3 is 5.11 Å². The summed E-state index contributed by atoms with van der Waals surface area (Å²) in [7, 11) is 0. The zero-order valence-corrected chi connectivity index (χ0v) is 11.9. The second kappa shape index (κ2) is 7.00. The topological polar surface area (TPSA) is 83.7 Å². The van der Waals surface area contributed by atoms with Crippen LogP contribution in [-0.2, 0) is 4.79 Å². The summed E-state index contributed by atoms with van der Waals surface area (Å²) in [5.74, 6) is -0.533. The van der Waals surface area contributed by atoms with E-state index in [0.29, 0.717) is 12.5 Å². The largest absolute Gasteiger partial charge is 0.480 e. The Morgan fingerprint density at radius 3 is 2.25 bits per heavy atom. The van der Waals surface area contributed by atoms with Crippen molar-refractivity contribution in [2.45, 2.75) is 26.8 Å². The normalized spacial score (nSPS) is 12.7. The number of nitrogens with zero attached hydrogens (tertiary/aromatic N) is 2. The average Bonchev–Trinajstić information content (AvgIpc) is 2.36. The van der Waals surface area contributed by atoms with E-state index >= 15 is 0 Å². The number of non-ortho nitro benzene ring substituents is 1. The smallest absolute Gasteiger partial charge is 0.317 e. The van der Waals surface area contributed by atoms with Crippen LogP contribution in [0, 0.1) is 16.0 Å². The van der Waals surface area contributed by atoms with Gasteiger partial charge in [0.25, 0.3) is 5.69 Å². The highest BCUT2D eigenvalue weighted by atomic mass is 16.6. The Morgan fingerprint density at radius 2 is 1.85 bits per heavy atom. The number of nitro benzene ring substituents is 1. The lowest BCUT2D eigenvalue weighted by Gasteiger charge is -2.29. The lowest BCUT2D eigenvalue weighted by atomic mass is 10.0. The van der Waals surface area contributed by atoms with Crippen molar-refractivity contribution in [1.29, 1.82) is 0 Å². The number of benzene rings is 1. The number of carboxylic acids is 1. The number of nitro groups is 1. The van der Waals surface area contributed by atoms with Gasteiger partial charge in [-0.1, -0.05) is 26.0 Å². The fourth-order valence-electron chi connectivity index (χ4n) is 2.09. The molecule has 1 aromatic carbocycles. The highest BCUT2D eigenvalue weighted by molar-refractivity contribution is 5.69. The molecule has 0 fully saturated rings. The third-order valence-corrected chi connectivity index (χ3v) is 3.07. The van der Waals surface area contributed by atoms with Crippen molar-refractivity contribution < 1.29 is 14.8 Å². The molecule has 1 unspecified atom stereocenters. The van der Waals surface area contributed by atoms with Gasteiger partial charge in [-0.25, -0.2) is 0 Å². The van der Waals surface area contributed by atoms with Crippen LogP contribution in [0.25, 0.3) is 0 Å². The van der Waals surface area contributed by atoms with Crippen LogP contribution in [0.5, 0.6) is 0 Å². The second-order valence-electron chi connectivity index (χ2n) is 5.24. The lowest BCUT2D eigenvalue weighted by Crippen LogP contribution is -2.35. The summed E-state index contributed by atoms with van der Waals surface area (Å²) < 4.78 is 0. The summed E-state index contributed by atoms with van der Waals surface area (Å²) in [6.07, 6.45) is 0. The minimum Gasteiger partial charge on any atom is -0.480 e. The summed E-state index contributed by atoms with van der Waals surface area (Å²) in [4.78, 5) is 23.0. The van der Waals surface area contributed by atoms with Crippen LogP contribution < -0.4 is 0 Å². The first-order valence-corrected chi connectivity index (χ1v) is 6.51. The Morgan fingerprint density at radius 1 is 1.30 bits per heavy atom. The molecule has 0 aliphatic rings. The van der Waals surface area contributed by atoms with Gasteiger partial charge >= 0.3 is 5.97 Å². The highest BCUT2D eigenvalue weighted by Gasteiger charge is 2.20. The van der Waals surface area contributed by atoms with Crippen LogP contribution >= 0.6 is 0 Å². The van der Waals surface area contributed by atoms with Gasteiger partial charge in [-0.2, -0.15) is 0 Å². The minimum atomic E-state index is -0.876. The maximum Gasteiger partial charge on any atom is 0.317 e. The van der Waals surface area contributed by atoms with Gasteiger partial charge in [0, 0.05) is 24.7 Å². The average molecular weight is 280 g/mol. The van der Waals surface area contributed by atoms with Gasteiger partial charge in [0.15, 0.2) is 0 Å². The Balaban J connectivity index is 2.89. The fourth-order valence-corrected chi connectivity index (χ4v) is 2.09. The molecule has 1 N–H and O–H groups in total. The SMILES string of the molecule is CC(C)CN(CC(=O)O)C(C)c1ccc([N+](=O)[O-])cc1. The second-order valence-corrected chi connectivity index (χ2v) is 5.24. The minimum absolute atomic E-state index is 0.0367. The molecule has 0 bridgehead atoms. The first-order chi connectivity index (χ1) is 9.31. The number of aliphatic carboxylic acids is 1. The summed E-state index contributed by atoms with van der Waals surface area (Å²) in [5.41, 5.74) is 0.909. The third-order valence-electron chi connectivity index (χ3n) is 3.07. The van der Waals surface area contributed by atoms with E-state index in [0.717, 1.165) is 5.56 Å². The summed E-state index contributed by atoms with van der Waals surface area (Å²) in [6.45, 7) is 6.57. The van der Waals surface area contributed by atoms with Crippen molar-refractivity contribution in [1.82, 2.24) is 4.90 Å². The van der Waals surface area contributed by atoms with E-state index in [4.69, 9.17) is 5.11 Å². The molecule has 6 heteroatoms. The number of hydrogen-bond donors (Lipinski definition) is 1. The molecule has 1 aromatic rings. The molecular formula is C14H20N2O4.